The van der Waals surface area contributed by atoms with Crippen LogP contribution in [0.3, 0.4) is 0 Å². The molecule has 0 saturated carbocycles. The molecule has 0 aliphatic rings. The third-order valence-corrected chi connectivity index (χ3v) is 4.68. The normalized spacial score (nSPS) is 11.1. The van der Waals surface area contributed by atoms with E-state index in [9.17, 15) is 18.0 Å². The average Bonchev–Trinajstić information content (AvgIpc) is 2.99. The summed E-state index contributed by atoms with van der Waals surface area (Å²) in [6.07, 6.45) is 1.90. The van der Waals surface area contributed by atoms with Crippen LogP contribution >= 0.6 is 0 Å². The predicted molar refractivity (Wildman–Crippen MR) is 93.0 cm³/mol. The summed E-state index contributed by atoms with van der Waals surface area (Å²) >= 11 is 0. The van der Waals surface area contributed by atoms with E-state index in [2.05, 4.69) is 20.4 Å². The van der Waals surface area contributed by atoms with E-state index in [1.807, 2.05) is 0 Å². The number of carbonyl (C=O) groups excluding carboxylic acids is 1. The number of anilines is 1. The molecule has 0 spiro atoms. The summed E-state index contributed by atoms with van der Waals surface area (Å²) in [5, 5.41) is 18.7. The van der Waals surface area contributed by atoms with Gasteiger partial charge in [0.2, 0.25) is 10.0 Å². The van der Waals surface area contributed by atoms with Crippen molar-refractivity contribution in [2.24, 2.45) is 0 Å². The maximum absolute atomic E-state index is 12.2. The molecular weight excluding hydrogens is 362 g/mol. The smallest absolute Gasteiger partial charge is 0.325 e. The van der Waals surface area contributed by atoms with Gasteiger partial charge < -0.3 is 10.4 Å². The van der Waals surface area contributed by atoms with E-state index in [-0.39, 0.29) is 24.4 Å². The molecule has 0 aliphatic carbocycles. The Hall–Kier alpha value is -2.95. The Kier molecular flexibility index (Phi) is 6.28. The highest BCUT2D eigenvalue weighted by atomic mass is 32.2. The third kappa shape index (κ3) is 5.84. The van der Waals surface area contributed by atoms with Gasteiger partial charge in [0, 0.05) is 11.3 Å². The Morgan fingerprint density at radius 1 is 1.31 bits per heavy atom. The Balaban J connectivity index is 1.98. The quantitative estimate of drug-likeness (QED) is 0.572. The highest BCUT2D eigenvalue weighted by molar-refractivity contribution is 7.92. The molecule has 3 N–H and O–H groups in total. The van der Waals surface area contributed by atoms with Crippen molar-refractivity contribution in [2.75, 3.05) is 10.5 Å². The van der Waals surface area contributed by atoms with Crippen LogP contribution in [-0.2, 0) is 27.9 Å². The number of aromatic nitrogens is 3. The zero-order valence-electron chi connectivity index (χ0n) is 14.0. The zero-order chi connectivity index (χ0) is 19.2. The van der Waals surface area contributed by atoms with Crippen molar-refractivity contribution in [1.29, 1.82) is 0 Å². The highest BCUT2D eigenvalue weighted by Crippen LogP contribution is 2.13. The SMILES string of the molecule is CCCS(=O)(=O)Nc1cccc(C(=O)NCc2cn(CC(=O)O)nn2)c1. The van der Waals surface area contributed by atoms with Crippen LogP contribution in [-0.4, -0.2) is 46.1 Å². The summed E-state index contributed by atoms with van der Waals surface area (Å²) in [5.41, 5.74) is 0.984. The van der Waals surface area contributed by atoms with Gasteiger partial charge in [-0.25, -0.2) is 13.1 Å². The number of carboxylic acids is 1. The summed E-state index contributed by atoms with van der Waals surface area (Å²) in [6, 6.07) is 6.11. The summed E-state index contributed by atoms with van der Waals surface area (Å²) in [5.74, 6) is -1.47. The van der Waals surface area contributed by atoms with E-state index in [0.717, 1.165) is 4.68 Å². The first-order valence-corrected chi connectivity index (χ1v) is 9.44. The van der Waals surface area contributed by atoms with Gasteiger partial charge in [0.15, 0.2) is 0 Å². The van der Waals surface area contributed by atoms with Gasteiger partial charge in [0.05, 0.1) is 18.5 Å². The third-order valence-electron chi connectivity index (χ3n) is 3.18. The topological polar surface area (TPSA) is 143 Å². The molecule has 0 radical (unpaired) electrons. The molecule has 1 amide bonds. The van der Waals surface area contributed by atoms with E-state index >= 15 is 0 Å². The minimum atomic E-state index is -3.44. The zero-order valence-corrected chi connectivity index (χ0v) is 14.9. The van der Waals surface area contributed by atoms with Gasteiger partial charge in [-0.05, 0) is 24.6 Å². The second kappa shape index (κ2) is 8.43. The van der Waals surface area contributed by atoms with Crippen LogP contribution in [0.25, 0.3) is 0 Å². The van der Waals surface area contributed by atoms with E-state index < -0.39 is 21.9 Å². The monoisotopic (exact) mass is 381 g/mol. The second-order valence-electron chi connectivity index (χ2n) is 5.49. The molecule has 140 valence electrons. The number of hydrogen-bond donors (Lipinski definition) is 3. The van der Waals surface area contributed by atoms with Crippen LogP contribution in [0.1, 0.15) is 29.4 Å². The van der Waals surface area contributed by atoms with Crippen LogP contribution in [0.2, 0.25) is 0 Å². The molecule has 0 atom stereocenters. The Bertz CT molecular complexity index is 893. The van der Waals surface area contributed by atoms with Crippen molar-refractivity contribution >= 4 is 27.6 Å². The van der Waals surface area contributed by atoms with Gasteiger partial charge in [0.25, 0.3) is 5.91 Å². The molecule has 11 heteroatoms. The van der Waals surface area contributed by atoms with E-state index in [1.165, 1.54) is 12.3 Å². The predicted octanol–water partition coefficient (Wildman–Crippen LogP) is 0.444. The lowest BCUT2D eigenvalue weighted by Crippen LogP contribution is -2.23. The molecule has 0 saturated heterocycles. The van der Waals surface area contributed by atoms with Crippen LogP contribution in [0.15, 0.2) is 30.5 Å². The van der Waals surface area contributed by atoms with Gasteiger partial charge in [0.1, 0.15) is 12.2 Å². The summed E-state index contributed by atoms with van der Waals surface area (Å²) < 4.78 is 27.2. The minimum Gasteiger partial charge on any atom is -0.480 e. The number of aliphatic carboxylic acids is 1. The van der Waals surface area contributed by atoms with Crippen LogP contribution in [0, 0.1) is 0 Å². The molecule has 2 rings (SSSR count). The largest absolute Gasteiger partial charge is 0.480 e. The minimum absolute atomic E-state index is 0.00454. The lowest BCUT2D eigenvalue weighted by Gasteiger charge is -2.09. The number of rotatable bonds is 9. The number of benzene rings is 1. The molecule has 26 heavy (non-hydrogen) atoms. The van der Waals surface area contributed by atoms with Crippen molar-refractivity contribution in [3.8, 4) is 0 Å². The first-order chi connectivity index (χ1) is 12.3. The fraction of sp³-hybridized carbons (Fsp3) is 0.333. The maximum Gasteiger partial charge on any atom is 0.325 e. The fourth-order valence-electron chi connectivity index (χ4n) is 2.13. The van der Waals surface area contributed by atoms with Crippen LogP contribution in [0.4, 0.5) is 5.69 Å². The van der Waals surface area contributed by atoms with Crippen LogP contribution < -0.4 is 10.0 Å². The van der Waals surface area contributed by atoms with Gasteiger partial charge in [-0.2, -0.15) is 0 Å². The van der Waals surface area contributed by atoms with Gasteiger partial charge >= 0.3 is 5.97 Å². The highest BCUT2D eigenvalue weighted by Gasteiger charge is 2.12. The number of sulfonamides is 1. The summed E-state index contributed by atoms with van der Waals surface area (Å²) in [6.45, 7) is 1.50. The van der Waals surface area contributed by atoms with Crippen molar-refractivity contribution < 1.29 is 23.1 Å². The molecule has 1 heterocycles. The van der Waals surface area contributed by atoms with Gasteiger partial charge in [-0.3, -0.25) is 14.3 Å². The van der Waals surface area contributed by atoms with E-state index in [0.29, 0.717) is 17.8 Å². The Labute approximate surface area is 150 Å². The van der Waals surface area contributed by atoms with Gasteiger partial charge in [-0.15, -0.1) is 5.10 Å². The molecule has 0 aliphatic heterocycles. The molecule has 0 unspecified atom stereocenters. The van der Waals surface area contributed by atoms with E-state index in [4.69, 9.17) is 5.11 Å². The number of amides is 1. The number of carbonyl (C=O) groups is 2. The molecule has 1 aromatic carbocycles. The van der Waals surface area contributed by atoms with Crippen molar-refractivity contribution in [1.82, 2.24) is 20.3 Å². The molecule has 1 aromatic heterocycles. The molecule has 10 nitrogen and oxygen atoms in total. The number of carboxylic acid groups (broad SMARTS) is 1. The Morgan fingerprint density at radius 2 is 2.08 bits per heavy atom. The lowest BCUT2D eigenvalue weighted by atomic mass is 10.2. The molecule has 0 bridgehead atoms. The average molecular weight is 381 g/mol. The van der Waals surface area contributed by atoms with Gasteiger partial charge in [-0.1, -0.05) is 18.2 Å². The first kappa shape index (κ1) is 19.4. The maximum atomic E-state index is 12.2. The molecule has 2 aromatic rings. The number of nitrogens with one attached hydrogen (secondary N) is 2. The van der Waals surface area contributed by atoms with Crippen molar-refractivity contribution in [2.45, 2.75) is 26.4 Å². The van der Waals surface area contributed by atoms with E-state index in [1.54, 1.807) is 25.1 Å². The second-order valence-corrected chi connectivity index (χ2v) is 7.33. The summed E-state index contributed by atoms with van der Waals surface area (Å²) in [4.78, 5) is 22.8. The molecular formula is C15H19N5O5S. The van der Waals surface area contributed by atoms with Crippen LogP contribution in [0.5, 0.6) is 0 Å². The molecule has 0 fully saturated rings. The Morgan fingerprint density at radius 3 is 2.77 bits per heavy atom. The first-order valence-electron chi connectivity index (χ1n) is 7.78. The van der Waals surface area contributed by atoms with Crippen molar-refractivity contribution in [3.63, 3.8) is 0 Å². The number of nitrogens with zero attached hydrogens (tertiary/aromatic N) is 3. The fourth-order valence-corrected chi connectivity index (χ4v) is 3.26. The van der Waals surface area contributed by atoms with Crippen molar-refractivity contribution in [3.05, 3.63) is 41.7 Å². The lowest BCUT2D eigenvalue weighted by molar-refractivity contribution is -0.137. The summed E-state index contributed by atoms with van der Waals surface area (Å²) in [7, 11) is -3.44. The standard InChI is InChI=1S/C15H19N5O5S/c1-2-6-26(24,25)18-12-5-3-4-11(7-12)15(23)16-8-13-9-20(19-17-13)10-14(21)22/h3-5,7,9,18H,2,6,8,10H2,1H3,(H,16,23)(H,21,22). The number of hydrogen-bond acceptors (Lipinski definition) is 6.